The topological polar surface area (TPSA) is 106 Å². The number of nitrogens with one attached hydrogen (secondary N) is 3. The van der Waals surface area contributed by atoms with Crippen LogP contribution in [-0.2, 0) is 16.1 Å². The molecule has 0 radical (unpaired) electrons. The number of para-hydroxylation sites is 1. The van der Waals surface area contributed by atoms with Crippen molar-refractivity contribution in [3.05, 3.63) is 148 Å². The van der Waals surface area contributed by atoms with Crippen LogP contribution in [0.3, 0.4) is 0 Å². The van der Waals surface area contributed by atoms with Gasteiger partial charge in [-0.05, 0) is 71.0 Å². The average molecular weight is 795 g/mol. The second-order valence-electron chi connectivity index (χ2n) is 14.1. The van der Waals surface area contributed by atoms with E-state index in [0.717, 1.165) is 29.5 Å². The lowest BCUT2D eigenvalue weighted by Gasteiger charge is -2.21. The zero-order chi connectivity index (χ0) is 40.0. The molecular formula is C46H49Cl2N3O5. The fourth-order valence-electron chi connectivity index (χ4n) is 5.87. The van der Waals surface area contributed by atoms with Crippen molar-refractivity contribution in [2.45, 2.75) is 59.6 Å². The normalized spacial score (nSPS) is 12.5. The number of ether oxygens (including phenoxy) is 2. The van der Waals surface area contributed by atoms with Gasteiger partial charge in [0.1, 0.15) is 12.4 Å². The minimum Gasteiger partial charge on any atom is -0.488 e. The molecule has 292 valence electrons. The van der Waals surface area contributed by atoms with Crippen LogP contribution in [0, 0.1) is 11.8 Å². The van der Waals surface area contributed by atoms with E-state index in [1.807, 2.05) is 78.9 Å². The average Bonchev–Trinajstić information content (AvgIpc) is 3.21. The lowest BCUT2D eigenvalue weighted by molar-refractivity contribution is -0.138. The molecule has 0 aliphatic heterocycles. The van der Waals surface area contributed by atoms with E-state index in [0.29, 0.717) is 69.8 Å². The first-order chi connectivity index (χ1) is 27.0. The number of benzene rings is 5. The molecule has 0 bridgehead atoms. The summed E-state index contributed by atoms with van der Waals surface area (Å²) in [4.78, 5) is 41.1. The Labute approximate surface area is 339 Å². The first-order valence-corrected chi connectivity index (χ1v) is 19.8. The zero-order valence-electron chi connectivity index (χ0n) is 32.2. The fourth-order valence-corrected chi connectivity index (χ4v) is 6.22. The van der Waals surface area contributed by atoms with Crippen molar-refractivity contribution in [3.8, 4) is 16.9 Å². The lowest BCUT2D eigenvalue weighted by Crippen LogP contribution is -2.32. The number of carbonyl (C=O) groups is 3. The minimum absolute atomic E-state index is 0.142. The standard InChI is InChI=1S/C46H49Cl2N3O5/c1-5-30(3)27-49-40-22-20-35(47)24-38(40)45(53)51-42(26-44(52)56-46(54)39-25-36(48)21-23-41(39)50-28-31(4)6-2)34-18-16-33(17-19-34)37-14-10-11-15-43(37)55-29-32-12-8-7-9-13-32/h7-25,30-31,42,49-50H,5-6,26-29H2,1-4H3,(H,51,53). The van der Waals surface area contributed by atoms with E-state index in [-0.39, 0.29) is 12.0 Å². The predicted molar refractivity (Wildman–Crippen MR) is 227 cm³/mol. The van der Waals surface area contributed by atoms with E-state index >= 15 is 0 Å². The summed E-state index contributed by atoms with van der Waals surface area (Å²) in [5.41, 5.74) is 5.04. The number of anilines is 2. The van der Waals surface area contributed by atoms with Crippen molar-refractivity contribution in [2.24, 2.45) is 11.8 Å². The van der Waals surface area contributed by atoms with Crippen LogP contribution >= 0.6 is 23.2 Å². The molecular weight excluding hydrogens is 745 g/mol. The van der Waals surface area contributed by atoms with Gasteiger partial charge in [0.05, 0.1) is 23.6 Å². The molecule has 5 rings (SSSR count). The Hall–Kier alpha value is -5.31. The highest BCUT2D eigenvalue weighted by Crippen LogP contribution is 2.32. The number of hydrogen-bond donors (Lipinski definition) is 3. The maximum absolute atomic E-state index is 14.0. The molecule has 3 atom stereocenters. The van der Waals surface area contributed by atoms with Crippen LogP contribution in [0.1, 0.15) is 84.8 Å². The summed E-state index contributed by atoms with van der Waals surface area (Å²) < 4.78 is 11.6. The Bertz CT molecular complexity index is 2090. The maximum Gasteiger partial charge on any atom is 0.347 e. The Morgan fingerprint density at radius 2 is 1.25 bits per heavy atom. The van der Waals surface area contributed by atoms with Crippen LogP contribution in [0.5, 0.6) is 5.75 Å². The molecule has 0 aliphatic carbocycles. The molecule has 3 N–H and O–H groups in total. The SMILES string of the molecule is CCC(C)CNc1ccc(Cl)cc1C(=O)NC(CC(=O)OC(=O)c1cc(Cl)ccc1NCC(C)CC)c1ccc(-c2ccccc2OCc2ccccc2)cc1. The summed E-state index contributed by atoms with van der Waals surface area (Å²) >= 11 is 12.6. The third-order valence-corrected chi connectivity index (χ3v) is 10.2. The summed E-state index contributed by atoms with van der Waals surface area (Å²) in [6, 6.07) is 34.3. The summed E-state index contributed by atoms with van der Waals surface area (Å²) in [6.45, 7) is 10.1. The molecule has 0 saturated heterocycles. The second-order valence-corrected chi connectivity index (χ2v) is 14.9. The van der Waals surface area contributed by atoms with Crippen molar-refractivity contribution in [1.29, 1.82) is 0 Å². The number of carbonyl (C=O) groups excluding carboxylic acids is 3. The minimum atomic E-state index is -0.870. The molecule has 0 saturated carbocycles. The molecule has 0 spiro atoms. The predicted octanol–water partition coefficient (Wildman–Crippen LogP) is 11.4. The molecule has 0 fully saturated rings. The highest BCUT2D eigenvalue weighted by molar-refractivity contribution is 6.31. The second kappa shape index (κ2) is 20.6. The fraction of sp³-hybridized carbons (Fsp3) is 0.283. The van der Waals surface area contributed by atoms with Crippen LogP contribution in [0.25, 0.3) is 11.1 Å². The van der Waals surface area contributed by atoms with E-state index in [1.165, 1.54) is 6.07 Å². The van der Waals surface area contributed by atoms with Crippen LogP contribution < -0.4 is 20.7 Å². The summed E-state index contributed by atoms with van der Waals surface area (Å²) in [6.07, 6.45) is 1.58. The van der Waals surface area contributed by atoms with E-state index in [1.54, 1.807) is 30.3 Å². The van der Waals surface area contributed by atoms with Crippen molar-refractivity contribution < 1.29 is 23.9 Å². The van der Waals surface area contributed by atoms with Gasteiger partial charge in [0.25, 0.3) is 5.91 Å². The monoisotopic (exact) mass is 793 g/mol. The molecule has 5 aromatic rings. The molecule has 0 aliphatic rings. The van der Waals surface area contributed by atoms with Crippen molar-refractivity contribution >= 4 is 52.4 Å². The zero-order valence-corrected chi connectivity index (χ0v) is 33.8. The van der Waals surface area contributed by atoms with Crippen LogP contribution in [-0.4, -0.2) is 30.9 Å². The Balaban J connectivity index is 1.41. The Morgan fingerprint density at radius 3 is 1.88 bits per heavy atom. The van der Waals surface area contributed by atoms with E-state index in [4.69, 9.17) is 32.7 Å². The third kappa shape index (κ3) is 11.8. The Kier molecular flexibility index (Phi) is 15.4. The number of halogens is 2. The molecule has 5 aromatic carbocycles. The molecule has 1 amide bonds. The van der Waals surface area contributed by atoms with E-state index in [2.05, 4.69) is 43.6 Å². The molecule has 0 aromatic heterocycles. The smallest absolute Gasteiger partial charge is 0.347 e. The van der Waals surface area contributed by atoms with Crippen LogP contribution in [0.4, 0.5) is 11.4 Å². The van der Waals surface area contributed by atoms with Crippen LogP contribution in [0.15, 0.2) is 115 Å². The molecule has 10 heteroatoms. The van der Waals surface area contributed by atoms with Gasteiger partial charge >= 0.3 is 11.9 Å². The molecule has 0 heterocycles. The largest absolute Gasteiger partial charge is 0.488 e. The van der Waals surface area contributed by atoms with Gasteiger partial charge in [-0.2, -0.15) is 0 Å². The Morgan fingerprint density at radius 1 is 0.679 bits per heavy atom. The molecule has 3 unspecified atom stereocenters. The summed E-state index contributed by atoms with van der Waals surface area (Å²) in [5, 5.41) is 10.4. The van der Waals surface area contributed by atoms with Crippen LogP contribution in [0.2, 0.25) is 10.0 Å². The van der Waals surface area contributed by atoms with Gasteiger partial charge in [-0.1, -0.05) is 137 Å². The van der Waals surface area contributed by atoms with Gasteiger partial charge in [-0.25, -0.2) is 4.79 Å². The highest BCUT2D eigenvalue weighted by atomic mass is 35.5. The van der Waals surface area contributed by atoms with Gasteiger partial charge in [-0.3, -0.25) is 9.59 Å². The third-order valence-electron chi connectivity index (χ3n) is 9.73. The van der Waals surface area contributed by atoms with E-state index in [9.17, 15) is 14.4 Å². The first kappa shape index (κ1) is 41.8. The highest BCUT2D eigenvalue weighted by Gasteiger charge is 2.25. The number of rotatable bonds is 18. The quantitative estimate of drug-likeness (QED) is 0.0599. The summed E-state index contributed by atoms with van der Waals surface area (Å²) in [5.74, 6) is -0.667. The van der Waals surface area contributed by atoms with Crippen molar-refractivity contribution in [3.63, 3.8) is 0 Å². The van der Waals surface area contributed by atoms with Gasteiger partial charge in [0, 0.05) is 40.1 Å². The number of esters is 2. The lowest BCUT2D eigenvalue weighted by atomic mass is 9.98. The first-order valence-electron chi connectivity index (χ1n) is 19.0. The summed E-state index contributed by atoms with van der Waals surface area (Å²) in [7, 11) is 0. The maximum atomic E-state index is 14.0. The van der Waals surface area contributed by atoms with Gasteiger partial charge in [0.15, 0.2) is 0 Å². The van der Waals surface area contributed by atoms with Crippen molar-refractivity contribution in [2.75, 3.05) is 23.7 Å². The van der Waals surface area contributed by atoms with Gasteiger partial charge in [-0.15, -0.1) is 0 Å². The van der Waals surface area contributed by atoms with Gasteiger partial charge in [0.2, 0.25) is 0 Å². The van der Waals surface area contributed by atoms with Gasteiger partial charge < -0.3 is 25.4 Å². The number of hydrogen-bond acceptors (Lipinski definition) is 7. The number of amides is 1. The molecule has 8 nitrogen and oxygen atoms in total. The van der Waals surface area contributed by atoms with Crippen molar-refractivity contribution in [1.82, 2.24) is 5.32 Å². The molecule has 56 heavy (non-hydrogen) atoms. The van der Waals surface area contributed by atoms with E-state index < -0.39 is 23.9 Å².